The number of piperidine rings is 1. The van der Waals surface area contributed by atoms with Crippen molar-refractivity contribution in [1.82, 2.24) is 9.79 Å². The third kappa shape index (κ3) is 4.04. The highest BCUT2D eigenvalue weighted by molar-refractivity contribution is 9.11. The molecule has 0 spiro atoms. The van der Waals surface area contributed by atoms with Gasteiger partial charge < -0.3 is 0 Å². The van der Waals surface area contributed by atoms with Crippen molar-refractivity contribution in [2.45, 2.75) is 24.0 Å². The molecule has 1 aromatic rings. The summed E-state index contributed by atoms with van der Waals surface area (Å²) in [7, 11) is -3.53. The lowest BCUT2D eigenvalue weighted by Crippen LogP contribution is -2.45. The predicted octanol–water partition coefficient (Wildman–Crippen LogP) is 1.98. The van der Waals surface area contributed by atoms with Crippen LogP contribution in [0.2, 0.25) is 0 Å². The molecule has 1 N–H and O–H groups in total. The van der Waals surface area contributed by atoms with Gasteiger partial charge in [0.2, 0.25) is 5.91 Å². The number of carbonyl (C=O) groups is 1. The van der Waals surface area contributed by atoms with E-state index in [1.807, 2.05) is 0 Å². The van der Waals surface area contributed by atoms with Crippen LogP contribution in [0.4, 0.5) is 0 Å². The topological polar surface area (TPSA) is 75.7 Å². The van der Waals surface area contributed by atoms with Crippen molar-refractivity contribution in [1.29, 1.82) is 0 Å². The van der Waals surface area contributed by atoms with Gasteiger partial charge in [0, 0.05) is 13.1 Å². The summed E-state index contributed by atoms with van der Waals surface area (Å²) in [5.41, 5.74) is 2.35. The number of halogens is 1. The molecule has 0 aromatic carbocycles. The molecule has 0 bridgehead atoms. The molecule has 1 aliphatic rings. The van der Waals surface area contributed by atoms with Crippen LogP contribution in [0.1, 0.15) is 19.8 Å². The third-order valence-electron chi connectivity index (χ3n) is 3.21. The Balaban J connectivity index is 2.08. The molecule has 1 unspecified atom stereocenters. The monoisotopic (exact) mass is 396 g/mol. The highest BCUT2D eigenvalue weighted by atomic mass is 79.9. The van der Waals surface area contributed by atoms with Crippen LogP contribution in [0, 0.1) is 5.92 Å². The first-order valence-electron chi connectivity index (χ1n) is 6.62. The summed E-state index contributed by atoms with van der Waals surface area (Å²) < 4.78 is 27.5. The van der Waals surface area contributed by atoms with Crippen LogP contribution < -0.4 is 5.48 Å². The molecule has 1 amide bonds. The maximum atomic E-state index is 12.5. The van der Waals surface area contributed by atoms with Crippen molar-refractivity contribution in [2.24, 2.45) is 5.92 Å². The molecule has 2 heterocycles. The summed E-state index contributed by atoms with van der Waals surface area (Å²) in [6.07, 6.45) is 1.33. The van der Waals surface area contributed by atoms with Gasteiger partial charge in [-0.3, -0.25) is 9.63 Å². The Kier molecular flexibility index (Phi) is 5.78. The van der Waals surface area contributed by atoms with Crippen LogP contribution >= 0.6 is 27.3 Å². The molecule has 1 aliphatic heterocycles. The molecular weight excluding hydrogens is 380 g/mol. The zero-order valence-corrected chi connectivity index (χ0v) is 14.8. The van der Waals surface area contributed by atoms with Crippen LogP contribution in [-0.4, -0.2) is 38.3 Å². The summed E-state index contributed by atoms with van der Waals surface area (Å²) in [5.74, 6) is -0.632. The number of hydrogen-bond acceptors (Lipinski definition) is 5. The summed E-state index contributed by atoms with van der Waals surface area (Å²) in [4.78, 5) is 16.8. The van der Waals surface area contributed by atoms with Crippen LogP contribution in [0.25, 0.3) is 0 Å². The summed E-state index contributed by atoms with van der Waals surface area (Å²) in [6.45, 7) is 2.78. The quantitative estimate of drug-likeness (QED) is 0.771. The summed E-state index contributed by atoms with van der Waals surface area (Å²) in [6, 6.07) is 3.29. The fourth-order valence-electron chi connectivity index (χ4n) is 2.16. The van der Waals surface area contributed by atoms with E-state index in [1.54, 1.807) is 19.1 Å². The molecule has 1 atom stereocenters. The fraction of sp³-hybridized carbons (Fsp3) is 0.583. The lowest BCUT2D eigenvalue weighted by Gasteiger charge is -2.30. The van der Waals surface area contributed by atoms with E-state index in [0.29, 0.717) is 30.2 Å². The predicted molar refractivity (Wildman–Crippen MR) is 83.3 cm³/mol. The van der Waals surface area contributed by atoms with Crippen molar-refractivity contribution in [3.63, 3.8) is 0 Å². The highest BCUT2D eigenvalue weighted by Crippen LogP contribution is 2.30. The van der Waals surface area contributed by atoms with E-state index in [2.05, 4.69) is 21.4 Å². The summed E-state index contributed by atoms with van der Waals surface area (Å²) in [5, 5.41) is 0. The number of amides is 1. The normalized spacial score (nSPS) is 20.4. The van der Waals surface area contributed by atoms with E-state index in [1.165, 1.54) is 15.6 Å². The van der Waals surface area contributed by atoms with E-state index >= 15 is 0 Å². The van der Waals surface area contributed by atoms with Crippen molar-refractivity contribution in [3.8, 4) is 0 Å². The summed E-state index contributed by atoms with van der Waals surface area (Å²) >= 11 is 4.44. The van der Waals surface area contributed by atoms with Gasteiger partial charge in [0.15, 0.2) is 0 Å². The standard InChI is InChI=1S/C12H17BrN2O4S2/c1-2-19-14-12(16)9-4-3-7-15(8-9)21(17,18)11-6-5-10(13)20-11/h5-6,9H,2-4,7-8H2,1H3,(H,14,16). The minimum absolute atomic E-state index is 0.191. The van der Waals surface area contributed by atoms with E-state index in [9.17, 15) is 13.2 Å². The Morgan fingerprint density at radius 2 is 2.33 bits per heavy atom. The van der Waals surface area contributed by atoms with Crippen molar-refractivity contribution >= 4 is 43.2 Å². The van der Waals surface area contributed by atoms with Crippen molar-refractivity contribution in [3.05, 3.63) is 15.9 Å². The van der Waals surface area contributed by atoms with Crippen molar-refractivity contribution in [2.75, 3.05) is 19.7 Å². The van der Waals surface area contributed by atoms with Gasteiger partial charge >= 0.3 is 0 Å². The second kappa shape index (κ2) is 7.19. The number of hydroxylamine groups is 1. The van der Waals surface area contributed by atoms with Gasteiger partial charge in [-0.25, -0.2) is 13.9 Å². The highest BCUT2D eigenvalue weighted by Gasteiger charge is 2.34. The molecule has 1 saturated heterocycles. The maximum Gasteiger partial charge on any atom is 0.252 e. The molecule has 118 valence electrons. The SMILES string of the molecule is CCONC(=O)C1CCCN(S(=O)(=O)c2ccc(Br)s2)C1. The first-order chi connectivity index (χ1) is 9.95. The number of hydrogen-bond donors (Lipinski definition) is 1. The Bertz CT molecular complexity index is 602. The fourth-order valence-corrected chi connectivity index (χ4v) is 5.85. The van der Waals surface area contributed by atoms with E-state index in [4.69, 9.17) is 4.84 Å². The smallest absolute Gasteiger partial charge is 0.252 e. The van der Waals surface area contributed by atoms with Crippen LogP contribution in [0.15, 0.2) is 20.1 Å². The van der Waals surface area contributed by atoms with Gasteiger partial charge in [-0.2, -0.15) is 4.31 Å². The second-order valence-electron chi connectivity index (χ2n) is 4.66. The second-order valence-corrected chi connectivity index (χ2v) is 9.29. The number of thiophene rings is 1. The Hall–Kier alpha value is -0.480. The lowest BCUT2D eigenvalue weighted by atomic mass is 9.99. The molecular formula is C12H17BrN2O4S2. The zero-order chi connectivity index (χ0) is 15.5. The molecule has 9 heteroatoms. The minimum Gasteiger partial charge on any atom is -0.274 e. The lowest BCUT2D eigenvalue weighted by molar-refractivity contribution is -0.138. The molecule has 1 fully saturated rings. The Labute approximate surface area is 136 Å². The number of rotatable bonds is 5. The molecule has 0 aliphatic carbocycles. The van der Waals surface area contributed by atoms with E-state index < -0.39 is 10.0 Å². The number of sulfonamides is 1. The molecule has 1 aromatic heterocycles. The van der Waals surface area contributed by atoms with E-state index in [-0.39, 0.29) is 18.4 Å². The zero-order valence-electron chi connectivity index (χ0n) is 11.5. The van der Waals surface area contributed by atoms with Gasteiger partial charge in [0.05, 0.1) is 16.3 Å². The molecule has 21 heavy (non-hydrogen) atoms. The van der Waals surface area contributed by atoms with E-state index in [0.717, 1.165) is 3.79 Å². The largest absolute Gasteiger partial charge is 0.274 e. The van der Waals surface area contributed by atoms with Gasteiger partial charge in [-0.15, -0.1) is 11.3 Å². The molecule has 0 radical (unpaired) electrons. The Morgan fingerprint density at radius 1 is 1.57 bits per heavy atom. The van der Waals surface area contributed by atoms with Crippen LogP contribution in [0.3, 0.4) is 0 Å². The van der Waals surface area contributed by atoms with Gasteiger partial charge in [-0.1, -0.05) is 0 Å². The van der Waals surface area contributed by atoms with Gasteiger partial charge in [0.1, 0.15) is 4.21 Å². The molecule has 2 rings (SSSR count). The maximum absolute atomic E-state index is 12.5. The number of nitrogens with zero attached hydrogens (tertiary/aromatic N) is 1. The Morgan fingerprint density at radius 3 is 2.95 bits per heavy atom. The third-order valence-corrected chi connectivity index (χ3v) is 7.17. The van der Waals surface area contributed by atoms with Crippen molar-refractivity contribution < 1.29 is 18.0 Å². The average molecular weight is 397 g/mol. The molecule has 6 nitrogen and oxygen atoms in total. The number of nitrogens with one attached hydrogen (secondary N) is 1. The first-order valence-corrected chi connectivity index (χ1v) is 9.67. The van der Waals surface area contributed by atoms with Gasteiger partial charge in [-0.05, 0) is 47.8 Å². The average Bonchev–Trinajstić information content (AvgIpc) is 2.92. The van der Waals surface area contributed by atoms with Crippen LogP contribution in [0.5, 0.6) is 0 Å². The minimum atomic E-state index is -3.53. The number of carbonyl (C=O) groups excluding carboxylic acids is 1. The molecule has 0 saturated carbocycles. The first kappa shape index (κ1) is 16.9. The van der Waals surface area contributed by atoms with Crippen LogP contribution in [-0.2, 0) is 19.7 Å². The van der Waals surface area contributed by atoms with Gasteiger partial charge in [0.25, 0.3) is 10.0 Å².